The highest BCUT2D eigenvalue weighted by Crippen LogP contribution is 2.28. The van der Waals surface area contributed by atoms with Crippen LogP contribution in [0.2, 0.25) is 0 Å². The second kappa shape index (κ2) is 6.94. The van der Waals surface area contributed by atoms with E-state index >= 15 is 0 Å². The van der Waals surface area contributed by atoms with Gasteiger partial charge in [0.05, 0.1) is 9.82 Å². The Morgan fingerprint density at radius 1 is 1.26 bits per heavy atom. The van der Waals surface area contributed by atoms with Gasteiger partial charge in [-0.3, -0.25) is 10.1 Å². The molecule has 1 aliphatic rings. The van der Waals surface area contributed by atoms with Crippen LogP contribution < -0.4 is 10.5 Å². The molecule has 0 aromatic heterocycles. The Labute approximate surface area is 136 Å². The zero-order valence-electron chi connectivity index (χ0n) is 13.4. The molecule has 3 N–H and O–H groups in total. The summed E-state index contributed by atoms with van der Waals surface area (Å²) >= 11 is 0. The maximum absolute atomic E-state index is 12.7. The lowest BCUT2D eigenvalue weighted by Gasteiger charge is -2.31. The minimum absolute atomic E-state index is 0.0313. The predicted molar refractivity (Wildman–Crippen MR) is 87.7 cm³/mol. The largest absolute Gasteiger partial charge is 0.330 e. The summed E-state index contributed by atoms with van der Waals surface area (Å²) in [7, 11) is -3.82. The van der Waals surface area contributed by atoms with E-state index in [4.69, 9.17) is 5.73 Å². The number of hydrogen-bond donors (Lipinski definition) is 2. The molecule has 0 spiro atoms. The molecule has 2 rings (SSSR count). The van der Waals surface area contributed by atoms with Gasteiger partial charge in [0.2, 0.25) is 10.0 Å². The van der Waals surface area contributed by atoms with Crippen molar-refractivity contribution in [2.75, 3.05) is 6.54 Å². The molecule has 23 heavy (non-hydrogen) atoms. The fraction of sp³-hybridized carbons (Fsp3) is 0.600. The van der Waals surface area contributed by atoms with Crippen molar-refractivity contribution < 1.29 is 13.3 Å². The van der Waals surface area contributed by atoms with Crippen LogP contribution in [0.1, 0.15) is 36.8 Å². The third kappa shape index (κ3) is 3.88. The first-order valence-corrected chi connectivity index (χ1v) is 9.22. The number of nitro groups is 1. The Balaban J connectivity index is 2.35. The molecule has 1 aromatic rings. The van der Waals surface area contributed by atoms with E-state index in [1.54, 1.807) is 13.8 Å². The molecule has 1 saturated carbocycles. The number of aryl methyl sites for hydroxylation is 2. The van der Waals surface area contributed by atoms with Gasteiger partial charge in [0.1, 0.15) is 0 Å². The van der Waals surface area contributed by atoms with Gasteiger partial charge in [0.15, 0.2) is 0 Å². The monoisotopic (exact) mass is 341 g/mol. The van der Waals surface area contributed by atoms with Gasteiger partial charge in [0.25, 0.3) is 5.69 Å². The molecular weight excluding hydrogens is 318 g/mol. The Morgan fingerprint density at radius 2 is 1.91 bits per heavy atom. The van der Waals surface area contributed by atoms with Crippen molar-refractivity contribution in [1.82, 2.24) is 4.72 Å². The molecule has 128 valence electrons. The van der Waals surface area contributed by atoms with Crippen molar-refractivity contribution in [3.63, 3.8) is 0 Å². The van der Waals surface area contributed by atoms with Crippen LogP contribution in [0.3, 0.4) is 0 Å². The summed E-state index contributed by atoms with van der Waals surface area (Å²) in [5.41, 5.74) is 6.50. The van der Waals surface area contributed by atoms with E-state index in [2.05, 4.69) is 4.72 Å². The van der Waals surface area contributed by atoms with Gasteiger partial charge in [-0.25, -0.2) is 13.1 Å². The third-order valence-electron chi connectivity index (χ3n) is 4.50. The Hall–Kier alpha value is -1.51. The Kier molecular flexibility index (Phi) is 5.38. The first-order chi connectivity index (χ1) is 10.8. The molecule has 0 radical (unpaired) electrons. The van der Waals surface area contributed by atoms with E-state index in [-0.39, 0.29) is 22.5 Å². The van der Waals surface area contributed by atoms with Gasteiger partial charge in [-0.2, -0.15) is 0 Å². The quantitative estimate of drug-likeness (QED) is 0.628. The molecule has 0 heterocycles. The molecule has 1 aromatic carbocycles. The lowest BCUT2D eigenvalue weighted by molar-refractivity contribution is -0.385. The summed E-state index contributed by atoms with van der Waals surface area (Å²) < 4.78 is 28.1. The van der Waals surface area contributed by atoms with Gasteiger partial charge in [-0.05, 0) is 50.8 Å². The maximum Gasteiger partial charge on any atom is 0.273 e. The molecule has 2 unspecified atom stereocenters. The van der Waals surface area contributed by atoms with Crippen LogP contribution in [-0.4, -0.2) is 25.9 Å². The molecule has 0 bridgehead atoms. The van der Waals surface area contributed by atoms with Crippen molar-refractivity contribution in [2.45, 2.75) is 50.5 Å². The Bertz CT molecular complexity index is 703. The molecule has 0 saturated heterocycles. The first kappa shape index (κ1) is 17.8. The highest BCUT2D eigenvalue weighted by molar-refractivity contribution is 7.89. The smallest absolute Gasteiger partial charge is 0.273 e. The van der Waals surface area contributed by atoms with Crippen LogP contribution in [0.15, 0.2) is 17.0 Å². The molecule has 1 fully saturated rings. The normalized spacial score (nSPS) is 22.0. The van der Waals surface area contributed by atoms with Crippen molar-refractivity contribution in [1.29, 1.82) is 0 Å². The number of benzene rings is 1. The van der Waals surface area contributed by atoms with Gasteiger partial charge < -0.3 is 5.73 Å². The average Bonchev–Trinajstić information content (AvgIpc) is 2.46. The topological polar surface area (TPSA) is 115 Å². The van der Waals surface area contributed by atoms with Gasteiger partial charge in [0, 0.05) is 17.7 Å². The summed E-state index contributed by atoms with van der Waals surface area (Å²) in [5, 5.41) is 11.1. The SMILES string of the molecule is Cc1cc(C)c(S(=O)(=O)NC2CCCCC2CN)cc1[N+](=O)[O-]. The number of rotatable bonds is 5. The molecule has 0 aliphatic heterocycles. The van der Waals surface area contributed by atoms with Gasteiger partial charge in [-0.15, -0.1) is 0 Å². The fourth-order valence-corrected chi connectivity index (χ4v) is 4.80. The molecule has 8 heteroatoms. The first-order valence-electron chi connectivity index (χ1n) is 7.74. The van der Waals surface area contributed by atoms with E-state index in [1.165, 1.54) is 6.07 Å². The van der Waals surface area contributed by atoms with E-state index in [9.17, 15) is 18.5 Å². The predicted octanol–water partition coefficient (Wildman–Crippen LogP) is 2.01. The summed E-state index contributed by atoms with van der Waals surface area (Å²) in [4.78, 5) is 10.5. The maximum atomic E-state index is 12.7. The van der Waals surface area contributed by atoms with Crippen LogP contribution in [0.25, 0.3) is 0 Å². The highest BCUT2D eigenvalue weighted by atomic mass is 32.2. The van der Waals surface area contributed by atoms with Gasteiger partial charge in [-0.1, -0.05) is 12.8 Å². The van der Waals surface area contributed by atoms with E-state index < -0.39 is 14.9 Å². The van der Waals surface area contributed by atoms with Crippen LogP contribution in [0, 0.1) is 29.9 Å². The van der Waals surface area contributed by atoms with E-state index in [0.29, 0.717) is 17.7 Å². The van der Waals surface area contributed by atoms with Crippen molar-refractivity contribution in [3.05, 3.63) is 33.4 Å². The summed E-state index contributed by atoms with van der Waals surface area (Å²) in [6, 6.07) is 2.47. The van der Waals surface area contributed by atoms with Crippen LogP contribution in [0.4, 0.5) is 5.69 Å². The molecule has 2 atom stereocenters. The molecular formula is C15H23N3O4S. The second-order valence-electron chi connectivity index (χ2n) is 6.17. The summed E-state index contributed by atoms with van der Waals surface area (Å²) in [6.07, 6.45) is 3.65. The number of nitrogens with two attached hydrogens (primary N) is 1. The Morgan fingerprint density at radius 3 is 2.52 bits per heavy atom. The number of sulfonamides is 1. The fourth-order valence-electron chi connectivity index (χ4n) is 3.22. The molecule has 7 nitrogen and oxygen atoms in total. The average molecular weight is 341 g/mol. The highest BCUT2D eigenvalue weighted by Gasteiger charge is 2.30. The second-order valence-corrected chi connectivity index (χ2v) is 7.85. The summed E-state index contributed by atoms with van der Waals surface area (Å²) in [5.74, 6) is 0.110. The zero-order valence-corrected chi connectivity index (χ0v) is 14.2. The van der Waals surface area contributed by atoms with Crippen LogP contribution in [-0.2, 0) is 10.0 Å². The standard InChI is InChI=1S/C15H23N3O4S/c1-10-7-11(2)15(8-14(10)18(19)20)23(21,22)17-13-6-4-3-5-12(13)9-16/h7-8,12-13,17H,3-6,9,16H2,1-2H3. The minimum Gasteiger partial charge on any atom is -0.330 e. The van der Waals surface area contributed by atoms with E-state index in [0.717, 1.165) is 31.7 Å². The lowest BCUT2D eigenvalue weighted by atomic mass is 9.85. The number of nitro benzene ring substituents is 1. The number of nitrogens with one attached hydrogen (secondary N) is 1. The number of nitrogens with zero attached hydrogens (tertiary/aromatic N) is 1. The third-order valence-corrected chi connectivity index (χ3v) is 6.13. The zero-order chi connectivity index (χ0) is 17.2. The van der Waals surface area contributed by atoms with Crippen LogP contribution in [0.5, 0.6) is 0 Å². The lowest BCUT2D eigenvalue weighted by Crippen LogP contribution is -2.44. The van der Waals surface area contributed by atoms with Gasteiger partial charge >= 0.3 is 0 Å². The van der Waals surface area contributed by atoms with Crippen LogP contribution >= 0.6 is 0 Å². The van der Waals surface area contributed by atoms with Crippen molar-refractivity contribution in [3.8, 4) is 0 Å². The minimum atomic E-state index is -3.82. The molecule has 0 amide bonds. The summed E-state index contributed by atoms with van der Waals surface area (Å²) in [6.45, 7) is 3.67. The number of hydrogen-bond acceptors (Lipinski definition) is 5. The van der Waals surface area contributed by atoms with Crippen molar-refractivity contribution >= 4 is 15.7 Å². The van der Waals surface area contributed by atoms with E-state index in [1.807, 2.05) is 0 Å². The van der Waals surface area contributed by atoms with Crippen molar-refractivity contribution in [2.24, 2.45) is 11.7 Å². The molecule has 1 aliphatic carbocycles.